The van der Waals surface area contributed by atoms with Crippen molar-refractivity contribution in [1.29, 1.82) is 0 Å². The summed E-state index contributed by atoms with van der Waals surface area (Å²) in [5.41, 5.74) is -1.97. The molecule has 5 fully saturated rings. The maximum atomic E-state index is 12.9. The van der Waals surface area contributed by atoms with Crippen LogP contribution in [0.2, 0.25) is 0 Å². The second-order valence-corrected chi connectivity index (χ2v) is 9.78. The summed E-state index contributed by atoms with van der Waals surface area (Å²) in [6.07, 6.45) is 3.31. The van der Waals surface area contributed by atoms with E-state index in [-0.39, 0.29) is 23.0 Å². The molecule has 5 saturated carbocycles. The van der Waals surface area contributed by atoms with Gasteiger partial charge in [0.25, 0.3) is 0 Å². The Bertz CT molecular complexity index is 730. The van der Waals surface area contributed by atoms with Crippen LogP contribution in [0.5, 0.6) is 0 Å². The summed E-state index contributed by atoms with van der Waals surface area (Å²) >= 11 is 0. The summed E-state index contributed by atoms with van der Waals surface area (Å²) in [6, 6.07) is 0. The van der Waals surface area contributed by atoms with Crippen molar-refractivity contribution in [2.24, 2.45) is 34.0 Å². The molecule has 5 nitrogen and oxygen atoms in total. The highest BCUT2D eigenvalue weighted by atomic mass is 16.4. The number of aliphatic hydroxyl groups excluding tert-OH is 1. The maximum absolute atomic E-state index is 12.9. The van der Waals surface area contributed by atoms with Crippen LogP contribution < -0.4 is 0 Å². The van der Waals surface area contributed by atoms with Gasteiger partial charge in [-0.3, -0.25) is 9.59 Å². The van der Waals surface area contributed by atoms with E-state index in [0.717, 1.165) is 18.4 Å². The first kappa shape index (κ1) is 16.0. The third-order valence-electron chi connectivity index (χ3n) is 9.21. The lowest BCUT2D eigenvalue weighted by molar-refractivity contribution is -0.157. The molecule has 0 aromatic carbocycles. The van der Waals surface area contributed by atoms with Crippen molar-refractivity contribution in [3.63, 3.8) is 0 Å². The fraction of sp³-hybridized carbons (Fsp3) is 0.800. The zero-order chi connectivity index (χ0) is 18.0. The Morgan fingerprint density at radius 3 is 2.60 bits per heavy atom. The molecule has 1 spiro atoms. The minimum Gasteiger partial charge on any atom is -0.481 e. The fourth-order valence-electron chi connectivity index (χ4n) is 8.40. The zero-order valence-corrected chi connectivity index (χ0v) is 14.6. The Balaban J connectivity index is 1.76. The van der Waals surface area contributed by atoms with Gasteiger partial charge in [-0.15, -0.1) is 0 Å². The normalized spacial score (nSPS) is 59.0. The Morgan fingerprint density at radius 2 is 1.92 bits per heavy atom. The van der Waals surface area contributed by atoms with Crippen LogP contribution in [0.25, 0.3) is 0 Å². The standard InChI is InChI=1S/C20H26O5/c1-10-7-19-9-20(10,25)6-3-11(19)18-5-4-12(21)17(2,13(22)8-18)15(18)14(19)16(23)24/h11-12,14-15,21,25H,1,3-9H2,2H3,(H,23,24)/t11-,12-,14-,15+,17+,18+,19-,20-/m1/s1. The van der Waals surface area contributed by atoms with E-state index in [1.54, 1.807) is 6.92 Å². The first-order chi connectivity index (χ1) is 11.6. The molecule has 0 radical (unpaired) electrons. The third kappa shape index (κ3) is 1.44. The van der Waals surface area contributed by atoms with Crippen molar-refractivity contribution in [3.8, 4) is 0 Å². The second kappa shape index (κ2) is 4.20. The number of carbonyl (C=O) groups excluding carboxylic acids is 1. The van der Waals surface area contributed by atoms with Gasteiger partial charge in [-0.05, 0) is 73.7 Å². The van der Waals surface area contributed by atoms with Crippen molar-refractivity contribution in [1.82, 2.24) is 0 Å². The maximum Gasteiger partial charge on any atom is 0.307 e. The molecule has 0 amide bonds. The number of Topliss-reactive ketones (excluding diaryl/α,β-unsaturated/α-hetero) is 1. The van der Waals surface area contributed by atoms with E-state index in [9.17, 15) is 24.9 Å². The molecule has 0 unspecified atom stereocenters. The molecule has 0 saturated heterocycles. The Morgan fingerprint density at radius 1 is 1.20 bits per heavy atom. The number of carboxylic acids is 1. The summed E-state index contributed by atoms with van der Waals surface area (Å²) in [4.78, 5) is 25.4. The van der Waals surface area contributed by atoms with Crippen molar-refractivity contribution in [2.45, 2.75) is 63.6 Å². The van der Waals surface area contributed by atoms with Gasteiger partial charge in [0, 0.05) is 6.42 Å². The van der Waals surface area contributed by atoms with E-state index in [1.807, 2.05) is 0 Å². The van der Waals surface area contributed by atoms with E-state index < -0.39 is 34.4 Å². The molecule has 5 rings (SSSR count). The van der Waals surface area contributed by atoms with Crippen molar-refractivity contribution in [3.05, 3.63) is 12.2 Å². The average Bonchev–Trinajstić information content (AvgIpc) is 2.95. The number of hydrogen-bond donors (Lipinski definition) is 3. The minimum absolute atomic E-state index is 0.0428. The van der Waals surface area contributed by atoms with Gasteiger partial charge >= 0.3 is 5.97 Å². The molecular formula is C20H26O5. The van der Waals surface area contributed by atoms with Crippen molar-refractivity contribution in [2.75, 3.05) is 0 Å². The number of carboxylic acid groups (broad SMARTS) is 1. The van der Waals surface area contributed by atoms with Crippen LogP contribution in [0.15, 0.2) is 12.2 Å². The molecule has 0 heterocycles. The lowest BCUT2D eigenvalue weighted by Crippen LogP contribution is -2.51. The van der Waals surface area contributed by atoms with Crippen molar-refractivity contribution < 1.29 is 24.9 Å². The van der Waals surface area contributed by atoms with Gasteiger partial charge in [0.05, 0.1) is 23.0 Å². The second-order valence-electron chi connectivity index (χ2n) is 9.78. The van der Waals surface area contributed by atoms with E-state index in [2.05, 4.69) is 6.58 Å². The number of aliphatic carboxylic acids is 1. The summed E-state index contributed by atoms with van der Waals surface area (Å²) < 4.78 is 0. The summed E-state index contributed by atoms with van der Waals surface area (Å²) in [6.45, 7) is 5.88. The molecular weight excluding hydrogens is 320 g/mol. The van der Waals surface area contributed by atoms with Gasteiger partial charge < -0.3 is 15.3 Å². The van der Waals surface area contributed by atoms with E-state index >= 15 is 0 Å². The lowest BCUT2D eigenvalue weighted by atomic mass is 9.57. The van der Waals surface area contributed by atoms with E-state index in [0.29, 0.717) is 32.1 Å². The topological polar surface area (TPSA) is 94.8 Å². The molecule has 0 aromatic heterocycles. The number of fused-ring (bicyclic) bond motifs is 1. The molecule has 136 valence electrons. The van der Waals surface area contributed by atoms with Crippen LogP contribution in [0.1, 0.15) is 51.9 Å². The van der Waals surface area contributed by atoms with Crippen LogP contribution >= 0.6 is 0 Å². The van der Waals surface area contributed by atoms with Crippen LogP contribution in [-0.2, 0) is 9.59 Å². The Hall–Kier alpha value is -1.20. The molecule has 0 aliphatic heterocycles. The number of carbonyl (C=O) groups is 2. The number of aliphatic hydroxyl groups is 2. The highest BCUT2D eigenvalue weighted by molar-refractivity contribution is 5.91. The molecule has 0 aromatic rings. The Kier molecular flexibility index (Phi) is 2.69. The van der Waals surface area contributed by atoms with Gasteiger partial charge in [-0.2, -0.15) is 0 Å². The molecule has 3 N–H and O–H groups in total. The predicted molar refractivity (Wildman–Crippen MR) is 88.5 cm³/mol. The quantitative estimate of drug-likeness (QED) is 0.631. The van der Waals surface area contributed by atoms with Gasteiger partial charge in [0.1, 0.15) is 5.78 Å². The Labute approximate surface area is 147 Å². The number of ketones is 1. The highest BCUT2D eigenvalue weighted by Gasteiger charge is 2.82. The van der Waals surface area contributed by atoms with Gasteiger partial charge in [-0.25, -0.2) is 0 Å². The molecule has 8 atom stereocenters. The highest BCUT2D eigenvalue weighted by Crippen LogP contribution is 2.81. The van der Waals surface area contributed by atoms with Crippen LogP contribution in [-0.4, -0.2) is 38.8 Å². The lowest BCUT2D eigenvalue weighted by Gasteiger charge is -2.48. The largest absolute Gasteiger partial charge is 0.481 e. The third-order valence-corrected chi connectivity index (χ3v) is 9.21. The summed E-state index contributed by atoms with van der Waals surface area (Å²) in [5.74, 6) is -1.71. The van der Waals surface area contributed by atoms with Gasteiger partial charge in [0.15, 0.2) is 0 Å². The van der Waals surface area contributed by atoms with Crippen molar-refractivity contribution >= 4 is 11.8 Å². The molecule has 5 aliphatic carbocycles. The van der Waals surface area contributed by atoms with Crippen LogP contribution in [0, 0.1) is 34.0 Å². The molecule has 25 heavy (non-hydrogen) atoms. The fourth-order valence-corrected chi connectivity index (χ4v) is 8.40. The summed E-state index contributed by atoms with van der Waals surface area (Å²) in [7, 11) is 0. The first-order valence-corrected chi connectivity index (χ1v) is 9.47. The monoisotopic (exact) mass is 346 g/mol. The smallest absolute Gasteiger partial charge is 0.307 e. The van der Waals surface area contributed by atoms with Gasteiger partial charge in [-0.1, -0.05) is 6.58 Å². The number of hydrogen-bond acceptors (Lipinski definition) is 4. The first-order valence-electron chi connectivity index (χ1n) is 9.47. The summed E-state index contributed by atoms with van der Waals surface area (Å²) in [5, 5.41) is 31.9. The minimum atomic E-state index is -0.963. The van der Waals surface area contributed by atoms with E-state index in [4.69, 9.17) is 0 Å². The number of rotatable bonds is 1. The molecule has 4 bridgehead atoms. The average molecular weight is 346 g/mol. The van der Waals surface area contributed by atoms with Gasteiger partial charge in [0.2, 0.25) is 0 Å². The van der Waals surface area contributed by atoms with Crippen LogP contribution in [0.3, 0.4) is 0 Å². The zero-order valence-electron chi connectivity index (χ0n) is 14.6. The van der Waals surface area contributed by atoms with Crippen LogP contribution in [0.4, 0.5) is 0 Å². The predicted octanol–water partition coefficient (Wildman–Crippen LogP) is 1.91. The SMILES string of the molecule is C=C1C[C@@]23C[C@]1(O)CC[C@@H]2[C@]12CC[C@@H](O)[C@@](C)(C(=O)C1)[C@@H]2[C@@H]3C(=O)O. The van der Waals surface area contributed by atoms with E-state index in [1.165, 1.54) is 0 Å². The molecule has 5 heteroatoms. The molecule has 5 aliphatic rings.